The summed E-state index contributed by atoms with van der Waals surface area (Å²) >= 11 is 0. The molecule has 0 aliphatic carbocycles. The summed E-state index contributed by atoms with van der Waals surface area (Å²) in [5.74, 6) is -0.159. The van der Waals surface area contributed by atoms with E-state index >= 15 is 0 Å². The standard InChI is InChI=1S/C17H18N4O/c1-12-11-21-10-4-5-15(16(21)18-12)17(22)19-13-6-8-14(9-7-13)20(2)3/h4-11H,1-3H3,(H,19,22). The normalized spacial score (nSPS) is 10.7. The fourth-order valence-corrected chi connectivity index (χ4v) is 2.35. The maximum Gasteiger partial charge on any atom is 0.259 e. The van der Waals surface area contributed by atoms with Crippen molar-refractivity contribution in [3.63, 3.8) is 0 Å². The van der Waals surface area contributed by atoms with Gasteiger partial charge in [0.2, 0.25) is 0 Å². The summed E-state index contributed by atoms with van der Waals surface area (Å²) in [5, 5.41) is 2.91. The zero-order chi connectivity index (χ0) is 15.7. The number of carbonyl (C=O) groups is 1. The predicted octanol–water partition coefficient (Wildman–Crippen LogP) is 2.96. The number of fused-ring (bicyclic) bond motifs is 1. The SMILES string of the molecule is Cc1cn2cccc(C(=O)Nc3ccc(N(C)C)cc3)c2n1. The van der Waals surface area contributed by atoms with Gasteiger partial charge in [-0.15, -0.1) is 0 Å². The van der Waals surface area contributed by atoms with Gasteiger partial charge in [0.05, 0.1) is 11.3 Å². The molecule has 0 saturated carbocycles. The number of nitrogens with zero attached hydrogens (tertiary/aromatic N) is 3. The van der Waals surface area contributed by atoms with Crippen molar-refractivity contribution in [1.29, 1.82) is 0 Å². The summed E-state index contributed by atoms with van der Waals surface area (Å²) in [4.78, 5) is 18.9. The number of nitrogens with one attached hydrogen (secondary N) is 1. The molecule has 1 N–H and O–H groups in total. The van der Waals surface area contributed by atoms with Crippen molar-refractivity contribution in [2.24, 2.45) is 0 Å². The van der Waals surface area contributed by atoms with Crippen LogP contribution in [0.4, 0.5) is 11.4 Å². The van der Waals surface area contributed by atoms with E-state index in [2.05, 4.69) is 10.3 Å². The minimum Gasteiger partial charge on any atom is -0.378 e. The number of amides is 1. The van der Waals surface area contributed by atoms with Gasteiger partial charge in [0.15, 0.2) is 0 Å². The second kappa shape index (κ2) is 5.52. The lowest BCUT2D eigenvalue weighted by Crippen LogP contribution is -2.14. The smallest absolute Gasteiger partial charge is 0.259 e. The first-order valence-corrected chi connectivity index (χ1v) is 7.07. The molecule has 2 aromatic heterocycles. The molecule has 3 rings (SSSR count). The Kier molecular flexibility index (Phi) is 3.55. The van der Waals surface area contributed by atoms with E-state index < -0.39 is 0 Å². The number of hydrogen-bond donors (Lipinski definition) is 1. The number of carbonyl (C=O) groups excluding carboxylic acids is 1. The highest BCUT2D eigenvalue weighted by Crippen LogP contribution is 2.18. The quantitative estimate of drug-likeness (QED) is 0.808. The summed E-state index contributed by atoms with van der Waals surface area (Å²) < 4.78 is 1.86. The number of anilines is 2. The highest BCUT2D eigenvalue weighted by Gasteiger charge is 2.12. The molecule has 112 valence electrons. The fraction of sp³-hybridized carbons (Fsp3) is 0.176. The number of rotatable bonds is 3. The Morgan fingerprint density at radius 1 is 1.18 bits per heavy atom. The van der Waals surface area contributed by atoms with Crippen LogP contribution < -0.4 is 10.2 Å². The largest absolute Gasteiger partial charge is 0.378 e. The molecule has 0 aliphatic heterocycles. The van der Waals surface area contributed by atoms with Gasteiger partial charge in [-0.2, -0.15) is 0 Å². The van der Waals surface area contributed by atoms with Crippen molar-refractivity contribution in [3.05, 3.63) is 60.0 Å². The van der Waals surface area contributed by atoms with Crippen LogP contribution in [0, 0.1) is 6.92 Å². The molecular formula is C17H18N4O. The molecule has 5 heteroatoms. The van der Waals surface area contributed by atoms with E-state index in [0.717, 1.165) is 17.1 Å². The van der Waals surface area contributed by atoms with Gasteiger partial charge in [-0.05, 0) is 43.3 Å². The molecule has 0 fully saturated rings. The van der Waals surface area contributed by atoms with Crippen molar-refractivity contribution in [2.45, 2.75) is 6.92 Å². The highest BCUT2D eigenvalue weighted by atomic mass is 16.1. The second-order valence-corrected chi connectivity index (χ2v) is 5.43. The number of aromatic nitrogens is 2. The number of benzene rings is 1. The maximum absolute atomic E-state index is 12.5. The average molecular weight is 294 g/mol. The number of aryl methyl sites for hydroxylation is 1. The van der Waals surface area contributed by atoms with Crippen LogP contribution in [-0.2, 0) is 0 Å². The molecule has 0 unspecified atom stereocenters. The van der Waals surface area contributed by atoms with Gasteiger partial charge in [0.1, 0.15) is 5.65 Å². The van der Waals surface area contributed by atoms with Gasteiger partial charge in [0.25, 0.3) is 5.91 Å². The summed E-state index contributed by atoms with van der Waals surface area (Å²) in [7, 11) is 3.96. The van der Waals surface area contributed by atoms with Crippen molar-refractivity contribution < 1.29 is 4.79 Å². The van der Waals surface area contributed by atoms with Gasteiger partial charge in [-0.3, -0.25) is 4.79 Å². The Balaban J connectivity index is 1.87. The van der Waals surface area contributed by atoms with Crippen molar-refractivity contribution >= 4 is 22.9 Å². The van der Waals surface area contributed by atoms with Crippen LogP contribution in [0.25, 0.3) is 5.65 Å². The van der Waals surface area contributed by atoms with Gasteiger partial charge in [-0.25, -0.2) is 4.98 Å². The third-order valence-corrected chi connectivity index (χ3v) is 3.49. The van der Waals surface area contributed by atoms with Crippen LogP contribution in [0.1, 0.15) is 16.1 Å². The topological polar surface area (TPSA) is 49.6 Å². The summed E-state index contributed by atoms with van der Waals surface area (Å²) in [6.45, 7) is 1.91. The van der Waals surface area contributed by atoms with Crippen LogP contribution in [0.15, 0.2) is 48.8 Å². The molecule has 1 amide bonds. The Morgan fingerprint density at radius 3 is 2.59 bits per heavy atom. The van der Waals surface area contributed by atoms with Crippen LogP contribution in [0.3, 0.4) is 0 Å². The first-order chi connectivity index (χ1) is 10.5. The zero-order valence-corrected chi connectivity index (χ0v) is 12.9. The highest BCUT2D eigenvalue weighted by molar-refractivity contribution is 6.08. The lowest BCUT2D eigenvalue weighted by molar-refractivity contribution is 0.102. The maximum atomic E-state index is 12.5. The number of pyridine rings is 1. The van der Waals surface area contributed by atoms with Gasteiger partial charge in [0, 0.05) is 37.9 Å². The second-order valence-electron chi connectivity index (χ2n) is 5.43. The molecular weight excluding hydrogens is 276 g/mol. The third kappa shape index (κ3) is 2.65. The Morgan fingerprint density at radius 2 is 1.91 bits per heavy atom. The summed E-state index contributed by atoms with van der Waals surface area (Å²) in [6.07, 6.45) is 3.79. The Labute approximate surface area is 129 Å². The molecule has 0 atom stereocenters. The minimum absolute atomic E-state index is 0.159. The predicted molar refractivity (Wildman–Crippen MR) is 88.7 cm³/mol. The zero-order valence-electron chi connectivity index (χ0n) is 12.9. The lowest BCUT2D eigenvalue weighted by atomic mass is 10.2. The molecule has 0 bridgehead atoms. The number of imidazole rings is 1. The first kappa shape index (κ1) is 14.1. The van der Waals surface area contributed by atoms with E-state index in [1.54, 1.807) is 6.07 Å². The van der Waals surface area contributed by atoms with Gasteiger partial charge < -0.3 is 14.6 Å². The van der Waals surface area contributed by atoms with Crippen LogP contribution in [-0.4, -0.2) is 29.4 Å². The molecule has 0 radical (unpaired) electrons. The van der Waals surface area contributed by atoms with Crippen LogP contribution in [0.5, 0.6) is 0 Å². The van der Waals surface area contributed by atoms with Crippen molar-refractivity contribution in [1.82, 2.24) is 9.38 Å². The van der Waals surface area contributed by atoms with Gasteiger partial charge >= 0.3 is 0 Å². The first-order valence-electron chi connectivity index (χ1n) is 7.07. The molecule has 1 aromatic carbocycles. The number of hydrogen-bond acceptors (Lipinski definition) is 3. The Bertz CT molecular complexity index is 818. The van der Waals surface area contributed by atoms with E-state index in [9.17, 15) is 4.79 Å². The molecule has 3 aromatic rings. The van der Waals surface area contributed by atoms with Crippen LogP contribution >= 0.6 is 0 Å². The van der Waals surface area contributed by atoms with E-state index in [4.69, 9.17) is 0 Å². The van der Waals surface area contributed by atoms with Gasteiger partial charge in [-0.1, -0.05) is 0 Å². The van der Waals surface area contributed by atoms with E-state index in [1.807, 2.05) is 73.0 Å². The summed E-state index contributed by atoms with van der Waals surface area (Å²) in [5.41, 5.74) is 3.97. The minimum atomic E-state index is -0.159. The van der Waals surface area contributed by atoms with E-state index in [-0.39, 0.29) is 5.91 Å². The monoisotopic (exact) mass is 294 g/mol. The molecule has 0 aliphatic rings. The fourth-order valence-electron chi connectivity index (χ4n) is 2.35. The summed E-state index contributed by atoms with van der Waals surface area (Å²) in [6, 6.07) is 11.4. The lowest BCUT2D eigenvalue weighted by Gasteiger charge is -2.13. The Hall–Kier alpha value is -2.82. The molecule has 5 nitrogen and oxygen atoms in total. The average Bonchev–Trinajstić information content (AvgIpc) is 2.87. The molecule has 0 saturated heterocycles. The molecule has 0 spiro atoms. The van der Waals surface area contributed by atoms with E-state index in [1.165, 1.54) is 0 Å². The van der Waals surface area contributed by atoms with Crippen molar-refractivity contribution in [2.75, 3.05) is 24.3 Å². The molecule has 22 heavy (non-hydrogen) atoms. The molecule has 2 heterocycles. The third-order valence-electron chi connectivity index (χ3n) is 3.49. The van der Waals surface area contributed by atoms with Crippen molar-refractivity contribution in [3.8, 4) is 0 Å². The van der Waals surface area contributed by atoms with Crippen LogP contribution in [0.2, 0.25) is 0 Å². The van der Waals surface area contributed by atoms with E-state index in [0.29, 0.717) is 11.2 Å².